The summed E-state index contributed by atoms with van der Waals surface area (Å²) in [5, 5.41) is 8.36. The van der Waals surface area contributed by atoms with E-state index in [-0.39, 0.29) is 12.2 Å². The van der Waals surface area contributed by atoms with Crippen molar-refractivity contribution < 1.29 is 19.4 Å². The van der Waals surface area contributed by atoms with Gasteiger partial charge in [0.1, 0.15) is 0 Å². The van der Waals surface area contributed by atoms with Gasteiger partial charge in [-0.1, -0.05) is 12.7 Å². The third-order valence-corrected chi connectivity index (χ3v) is 1.09. The van der Waals surface area contributed by atoms with Crippen LogP contribution in [-0.4, -0.2) is 23.7 Å². The normalized spacial score (nSPS) is 10.0. The van der Waals surface area contributed by atoms with E-state index >= 15 is 0 Å². The lowest BCUT2D eigenvalue weighted by Gasteiger charge is -1.96. The van der Waals surface area contributed by atoms with E-state index in [1.165, 1.54) is 13.0 Å². The Balaban J connectivity index is 3.88. The van der Waals surface area contributed by atoms with E-state index in [0.29, 0.717) is 6.42 Å². The molecule has 4 nitrogen and oxygen atoms in total. The van der Waals surface area contributed by atoms with Crippen LogP contribution in [0.15, 0.2) is 24.3 Å². The van der Waals surface area contributed by atoms with Gasteiger partial charge in [-0.15, -0.1) is 0 Å². The Kier molecular flexibility index (Phi) is 5.47. The Hall–Kier alpha value is -1.42. The van der Waals surface area contributed by atoms with E-state index in [1.54, 1.807) is 0 Å². The molecule has 0 amide bonds. The fourth-order valence-corrected chi connectivity index (χ4v) is 0.467. The summed E-state index contributed by atoms with van der Waals surface area (Å²) in [6.45, 7) is 4.72. The molecule has 0 aromatic carbocycles. The third-order valence-electron chi connectivity index (χ3n) is 1.09. The van der Waals surface area contributed by atoms with Gasteiger partial charge in [-0.05, 0) is 13.3 Å². The van der Waals surface area contributed by atoms with Gasteiger partial charge in [0.05, 0.1) is 0 Å². The summed E-state index contributed by atoms with van der Waals surface area (Å²) in [5.74, 6) is -1.49. The van der Waals surface area contributed by atoms with Crippen molar-refractivity contribution in [1.82, 2.24) is 0 Å². The van der Waals surface area contributed by atoms with Gasteiger partial charge in [0, 0.05) is 18.3 Å². The van der Waals surface area contributed by atoms with Crippen LogP contribution in [0, 0.1) is 0 Å². The van der Waals surface area contributed by atoms with Crippen LogP contribution >= 0.6 is 0 Å². The molecule has 0 fully saturated rings. The van der Waals surface area contributed by atoms with Gasteiger partial charge < -0.3 is 9.84 Å². The van der Waals surface area contributed by atoms with Crippen molar-refractivity contribution in [3.63, 3.8) is 0 Å². The summed E-state index contributed by atoms with van der Waals surface area (Å²) in [4.78, 5) is 21.5. The number of carbonyl (C=O) groups is 2. The van der Waals surface area contributed by atoms with Crippen LogP contribution in [0.2, 0.25) is 0 Å². The number of ether oxygens (including phenoxy) is 1. The molecule has 4 heteroatoms. The Labute approximate surface area is 76.5 Å². The molecular formula is C9H12O4. The van der Waals surface area contributed by atoms with Crippen molar-refractivity contribution in [1.29, 1.82) is 0 Å². The Morgan fingerprint density at radius 2 is 2.15 bits per heavy atom. The van der Waals surface area contributed by atoms with Crippen LogP contribution in [0.25, 0.3) is 0 Å². The minimum absolute atomic E-state index is 0.0434. The Bertz CT molecular complexity index is 240. The maximum absolute atomic E-state index is 10.8. The van der Waals surface area contributed by atoms with Gasteiger partial charge in [0.2, 0.25) is 0 Å². The number of aliphatic hydroxyl groups is 1. The Morgan fingerprint density at radius 3 is 2.62 bits per heavy atom. The number of esters is 2. The fraction of sp³-hybridized carbons (Fsp3) is 0.333. The highest BCUT2D eigenvalue weighted by molar-refractivity contribution is 5.98. The van der Waals surface area contributed by atoms with Gasteiger partial charge in [-0.25, -0.2) is 9.59 Å². The molecule has 0 aromatic rings. The van der Waals surface area contributed by atoms with Crippen molar-refractivity contribution in [2.75, 3.05) is 6.61 Å². The minimum atomic E-state index is -0.749. The highest BCUT2D eigenvalue weighted by Crippen LogP contribution is 1.93. The molecule has 0 unspecified atom stereocenters. The summed E-state index contributed by atoms with van der Waals surface area (Å²) in [6.07, 6.45) is 2.88. The first-order chi connectivity index (χ1) is 6.07. The molecule has 13 heavy (non-hydrogen) atoms. The SMILES string of the molecule is C=C(C)C(=O)OC(=O)C=CCCO. The lowest BCUT2D eigenvalue weighted by Crippen LogP contribution is -2.10. The summed E-state index contributed by atoms with van der Waals surface area (Å²) in [7, 11) is 0. The fourth-order valence-electron chi connectivity index (χ4n) is 0.467. The molecule has 1 N–H and O–H groups in total. The summed E-state index contributed by atoms with van der Waals surface area (Å²) >= 11 is 0. The van der Waals surface area contributed by atoms with Crippen molar-refractivity contribution in [3.8, 4) is 0 Å². The molecule has 0 saturated carbocycles. The predicted molar refractivity (Wildman–Crippen MR) is 46.8 cm³/mol. The number of aliphatic hydroxyl groups excluding tert-OH is 1. The van der Waals surface area contributed by atoms with Gasteiger partial charge in [0.15, 0.2) is 0 Å². The van der Waals surface area contributed by atoms with Gasteiger partial charge in [-0.3, -0.25) is 0 Å². The van der Waals surface area contributed by atoms with E-state index < -0.39 is 11.9 Å². The molecule has 0 aliphatic heterocycles. The molecule has 0 aromatic heterocycles. The zero-order valence-corrected chi connectivity index (χ0v) is 7.45. The van der Waals surface area contributed by atoms with Crippen LogP contribution in [0.5, 0.6) is 0 Å². The smallest absolute Gasteiger partial charge is 0.340 e. The summed E-state index contributed by atoms with van der Waals surface area (Å²) in [5.41, 5.74) is 0.170. The molecule has 0 rings (SSSR count). The van der Waals surface area contributed by atoms with Crippen LogP contribution in [-0.2, 0) is 14.3 Å². The molecule has 0 aliphatic rings. The van der Waals surface area contributed by atoms with Crippen molar-refractivity contribution >= 4 is 11.9 Å². The van der Waals surface area contributed by atoms with Crippen molar-refractivity contribution in [2.45, 2.75) is 13.3 Å². The molecule has 0 spiro atoms. The first-order valence-corrected chi connectivity index (χ1v) is 3.77. The van der Waals surface area contributed by atoms with Crippen molar-refractivity contribution in [2.24, 2.45) is 0 Å². The maximum atomic E-state index is 10.8. The molecular weight excluding hydrogens is 172 g/mol. The maximum Gasteiger partial charge on any atom is 0.340 e. The summed E-state index contributed by atoms with van der Waals surface area (Å²) < 4.78 is 4.31. The number of hydrogen-bond donors (Lipinski definition) is 1. The van der Waals surface area contributed by atoms with E-state index in [1.807, 2.05) is 0 Å². The zero-order chi connectivity index (χ0) is 10.3. The van der Waals surface area contributed by atoms with Crippen LogP contribution in [0.1, 0.15) is 13.3 Å². The van der Waals surface area contributed by atoms with E-state index in [4.69, 9.17) is 5.11 Å². The van der Waals surface area contributed by atoms with Crippen molar-refractivity contribution in [3.05, 3.63) is 24.3 Å². The monoisotopic (exact) mass is 184 g/mol. The average Bonchev–Trinajstić information content (AvgIpc) is 2.04. The molecule has 0 heterocycles. The molecule has 0 aliphatic carbocycles. The average molecular weight is 184 g/mol. The topological polar surface area (TPSA) is 63.6 Å². The minimum Gasteiger partial charge on any atom is -0.396 e. The standard InChI is InChI=1S/C9H12O4/c1-7(2)9(12)13-8(11)5-3-4-6-10/h3,5,10H,1,4,6H2,2H3. The van der Waals surface area contributed by atoms with Crippen LogP contribution in [0.3, 0.4) is 0 Å². The highest BCUT2D eigenvalue weighted by atomic mass is 16.6. The second-order valence-electron chi connectivity index (χ2n) is 2.40. The van der Waals surface area contributed by atoms with Gasteiger partial charge >= 0.3 is 11.9 Å². The predicted octanol–water partition coefficient (Wildman–Crippen LogP) is 0.571. The number of rotatable bonds is 4. The molecule has 0 saturated heterocycles. The largest absolute Gasteiger partial charge is 0.396 e. The van der Waals surface area contributed by atoms with Crippen LogP contribution in [0.4, 0.5) is 0 Å². The lowest BCUT2D eigenvalue weighted by atomic mass is 10.3. The zero-order valence-electron chi connectivity index (χ0n) is 7.45. The third kappa shape index (κ3) is 5.81. The summed E-state index contributed by atoms with van der Waals surface area (Å²) in [6, 6.07) is 0. The molecule has 0 atom stereocenters. The van der Waals surface area contributed by atoms with Gasteiger partial charge in [0.25, 0.3) is 0 Å². The van der Waals surface area contributed by atoms with E-state index in [9.17, 15) is 9.59 Å². The second kappa shape index (κ2) is 6.14. The van der Waals surface area contributed by atoms with Gasteiger partial charge in [-0.2, -0.15) is 0 Å². The molecule has 0 bridgehead atoms. The van der Waals surface area contributed by atoms with E-state index in [0.717, 1.165) is 6.08 Å². The quantitative estimate of drug-likeness (QED) is 0.394. The second-order valence-corrected chi connectivity index (χ2v) is 2.40. The number of carbonyl (C=O) groups excluding carboxylic acids is 2. The van der Waals surface area contributed by atoms with E-state index in [2.05, 4.69) is 11.3 Å². The number of hydrogen-bond acceptors (Lipinski definition) is 4. The lowest BCUT2D eigenvalue weighted by molar-refractivity contribution is -0.153. The first kappa shape index (κ1) is 11.6. The molecule has 72 valence electrons. The first-order valence-electron chi connectivity index (χ1n) is 3.77. The van der Waals surface area contributed by atoms with Crippen LogP contribution < -0.4 is 0 Å². The molecule has 0 radical (unpaired) electrons. The highest BCUT2D eigenvalue weighted by Gasteiger charge is 2.06. The Morgan fingerprint density at radius 1 is 1.54 bits per heavy atom.